The minimum absolute atomic E-state index is 0.461. The minimum atomic E-state index is 0.461. The Labute approximate surface area is 61.8 Å². The molecule has 3 heteroatoms. The Morgan fingerprint density at radius 3 is 2.50 bits per heavy atom. The van der Waals surface area contributed by atoms with Gasteiger partial charge in [-0.25, -0.2) is 0 Å². The molecule has 0 aliphatic rings. The second-order valence-corrected chi connectivity index (χ2v) is 2.06. The van der Waals surface area contributed by atoms with E-state index >= 15 is 0 Å². The van der Waals surface area contributed by atoms with Crippen LogP contribution >= 0.6 is 0 Å². The molecular formula is C7H15N3. The minimum Gasteiger partial charge on any atom is -0.402 e. The molecule has 0 spiro atoms. The lowest BCUT2D eigenvalue weighted by Crippen LogP contribution is -2.13. The van der Waals surface area contributed by atoms with E-state index in [4.69, 9.17) is 11.5 Å². The van der Waals surface area contributed by atoms with Gasteiger partial charge < -0.3 is 11.5 Å². The fraction of sp³-hybridized carbons (Fsp3) is 0.571. The van der Waals surface area contributed by atoms with Gasteiger partial charge in [-0.2, -0.15) is 0 Å². The first-order valence-corrected chi connectivity index (χ1v) is 3.37. The van der Waals surface area contributed by atoms with E-state index in [1.54, 1.807) is 6.08 Å². The molecule has 0 saturated heterocycles. The topological polar surface area (TPSA) is 64.4 Å². The van der Waals surface area contributed by atoms with Crippen molar-refractivity contribution >= 4 is 5.71 Å². The van der Waals surface area contributed by atoms with Gasteiger partial charge in [-0.05, 0) is 19.9 Å². The first-order chi connectivity index (χ1) is 4.70. The molecule has 0 aliphatic carbocycles. The van der Waals surface area contributed by atoms with Crippen LogP contribution in [0.1, 0.15) is 13.8 Å². The van der Waals surface area contributed by atoms with E-state index in [9.17, 15) is 0 Å². The fourth-order valence-electron chi connectivity index (χ4n) is 0.635. The van der Waals surface area contributed by atoms with Gasteiger partial charge in [0.15, 0.2) is 0 Å². The highest BCUT2D eigenvalue weighted by Crippen LogP contribution is 1.84. The lowest BCUT2D eigenvalue weighted by molar-refractivity contribution is 1.11. The zero-order valence-corrected chi connectivity index (χ0v) is 6.59. The summed E-state index contributed by atoms with van der Waals surface area (Å²) < 4.78 is 0. The summed E-state index contributed by atoms with van der Waals surface area (Å²) in [4.78, 5) is 4.12. The second kappa shape index (κ2) is 4.99. The summed E-state index contributed by atoms with van der Waals surface area (Å²) in [7, 11) is 0. The molecule has 0 heterocycles. The third kappa shape index (κ3) is 4.09. The molecule has 0 aromatic heterocycles. The maximum absolute atomic E-state index is 5.42. The van der Waals surface area contributed by atoms with Crippen LogP contribution in [0.3, 0.4) is 0 Å². The van der Waals surface area contributed by atoms with Crippen LogP contribution in [-0.4, -0.2) is 18.8 Å². The fourth-order valence-corrected chi connectivity index (χ4v) is 0.635. The molecule has 58 valence electrons. The Morgan fingerprint density at radius 1 is 1.60 bits per heavy atom. The molecule has 0 unspecified atom stereocenters. The first kappa shape index (κ1) is 9.17. The van der Waals surface area contributed by atoms with Crippen molar-refractivity contribution in [1.82, 2.24) is 0 Å². The lowest BCUT2D eigenvalue weighted by atomic mass is 10.3. The van der Waals surface area contributed by atoms with Crippen molar-refractivity contribution in [3.8, 4) is 0 Å². The SMILES string of the molecule is CCN=C(/C=C(/C)N)CN. The zero-order chi connectivity index (χ0) is 7.98. The second-order valence-electron chi connectivity index (χ2n) is 2.06. The molecule has 0 bridgehead atoms. The molecule has 0 aromatic rings. The number of nitrogens with zero attached hydrogens (tertiary/aromatic N) is 1. The molecule has 0 atom stereocenters. The third-order valence-corrected chi connectivity index (χ3v) is 0.965. The Kier molecular flexibility index (Phi) is 4.58. The smallest absolute Gasteiger partial charge is 0.0501 e. The standard InChI is InChI=1S/C7H15N3/c1-3-10-7(5-8)4-6(2)9/h4H,3,5,8-9H2,1-2H3/b6-4-,10-7?. The monoisotopic (exact) mass is 141 g/mol. The average molecular weight is 141 g/mol. The van der Waals surface area contributed by atoms with E-state index in [1.165, 1.54) is 0 Å². The summed E-state index contributed by atoms with van der Waals surface area (Å²) in [5, 5.41) is 0. The van der Waals surface area contributed by atoms with Gasteiger partial charge in [0.1, 0.15) is 0 Å². The maximum Gasteiger partial charge on any atom is 0.0501 e. The van der Waals surface area contributed by atoms with Crippen molar-refractivity contribution in [2.75, 3.05) is 13.1 Å². The number of hydrogen-bond acceptors (Lipinski definition) is 3. The van der Waals surface area contributed by atoms with Crippen molar-refractivity contribution in [2.45, 2.75) is 13.8 Å². The molecule has 4 N–H and O–H groups in total. The van der Waals surface area contributed by atoms with Crippen molar-refractivity contribution in [3.63, 3.8) is 0 Å². The molecule has 0 aliphatic heterocycles. The number of nitrogens with two attached hydrogens (primary N) is 2. The van der Waals surface area contributed by atoms with Gasteiger partial charge in [-0.3, -0.25) is 4.99 Å². The summed E-state index contributed by atoms with van der Waals surface area (Å²) >= 11 is 0. The van der Waals surface area contributed by atoms with Crippen LogP contribution in [0.4, 0.5) is 0 Å². The van der Waals surface area contributed by atoms with Crippen molar-refractivity contribution in [2.24, 2.45) is 16.5 Å². The molecule has 10 heavy (non-hydrogen) atoms. The van der Waals surface area contributed by atoms with Crippen molar-refractivity contribution < 1.29 is 0 Å². The Bertz CT molecular complexity index is 143. The van der Waals surface area contributed by atoms with E-state index in [1.807, 2.05) is 13.8 Å². The predicted octanol–water partition coefficient (Wildman–Crippen LogP) is 0.269. The lowest BCUT2D eigenvalue weighted by Gasteiger charge is -1.95. The highest BCUT2D eigenvalue weighted by Gasteiger charge is 1.88. The number of rotatable bonds is 3. The predicted molar refractivity (Wildman–Crippen MR) is 45.0 cm³/mol. The van der Waals surface area contributed by atoms with E-state index in [0.29, 0.717) is 6.54 Å². The van der Waals surface area contributed by atoms with Gasteiger partial charge in [-0.1, -0.05) is 0 Å². The molecule has 0 amide bonds. The van der Waals surface area contributed by atoms with Crippen LogP contribution in [0.15, 0.2) is 16.8 Å². The quantitative estimate of drug-likeness (QED) is 0.554. The number of aliphatic imine (C=N–C) groups is 1. The zero-order valence-electron chi connectivity index (χ0n) is 6.59. The molecule has 0 rings (SSSR count). The van der Waals surface area contributed by atoms with Gasteiger partial charge in [-0.15, -0.1) is 0 Å². The normalized spacial score (nSPS) is 13.9. The summed E-state index contributed by atoms with van der Waals surface area (Å²) in [5.74, 6) is 0. The summed E-state index contributed by atoms with van der Waals surface area (Å²) in [6.07, 6.45) is 1.80. The van der Waals surface area contributed by atoms with Gasteiger partial charge >= 0.3 is 0 Å². The average Bonchev–Trinajstić information content (AvgIpc) is 1.86. The first-order valence-electron chi connectivity index (χ1n) is 3.37. The van der Waals surface area contributed by atoms with E-state index < -0.39 is 0 Å². The largest absolute Gasteiger partial charge is 0.402 e. The Morgan fingerprint density at radius 2 is 2.20 bits per heavy atom. The van der Waals surface area contributed by atoms with E-state index in [2.05, 4.69) is 4.99 Å². The molecule has 0 radical (unpaired) electrons. The van der Waals surface area contributed by atoms with Gasteiger partial charge in [0.25, 0.3) is 0 Å². The Balaban J connectivity index is 4.09. The van der Waals surface area contributed by atoms with E-state index in [0.717, 1.165) is 18.0 Å². The number of allylic oxidation sites excluding steroid dienone is 1. The van der Waals surface area contributed by atoms with Crippen LogP contribution < -0.4 is 11.5 Å². The van der Waals surface area contributed by atoms with Crippen LogP contribution in [0.2, 0.25) is 0 Å². The molecule has 0 saturated carbocycles. The van der Waals surface area contributed by atoms with Crippen LogP contribution in [-0.2, 0) is 0 Å². The van der Waals surface area contributed by atoms with Crippen molar-refractivity contribution in [1.29, 1.82) is 0 Å². The molecule has 3 nitrogen and oxygen atoms in total. The molecular weight excluding hydrogens is 126 g/mol. The third-order valence-electron chi connectivity index (χ3n) is 0.965. The maximum atomic E-state index is 5.42. The highest BCUT2D eigenvalue weighted by atomic mass is 14.8. The van der Waals surface area contributed by atoms with Crippen molar-refractivity contribution in [3.05, 3.63) is 11.8 Å². The summed E-state index contributed by atoms with van der Waals surface area (Å²) in [5.41, 5.74) is 12.4. The van der Waals surface area contributed by atoms with Crippen LogP contribution in [0, 0.1) is 0 Å². The van der Waals surface area contributed by atoms with Gasteiger partial charge in [0, 0.05) is 18.8 Å². The summed E-state index contributed by atoms with van der Waals surface area (Å²) in [6.45, 7) is 5.01. The molecule has 0 aromatic carbocycles. The van der Waals surface area contributed by atoms with Gasteiger partial charge in [0.05, 0.1) is 5.71 Å². The van der Waals surface area contributed by atoms with E-state index in [-0.39, 0.29) is 0 Å². The molecule has 0 fully saturated rings. The highest BCUT2D eigenvalue weighted by molar-refractivity contribution is 5.96. The van der Waals surface area contributed by atoms with Crippen LogP contribution in [0.5, 0.6) is 0 Å². The summed E-state index contributed by atoms with van der Waals surface area (Å²) in [6, 6.07) is 0. The number of hydrogen-bond donors (Lipinski definition) is 2. The van der Waals surface area contributed by atoms with Crippen LogP contribution in [0.25, 0.3) is 0 Å². The van der Waals surface area contributed by atoms with Gasteiger partial charge in [0.2, 0.25) is 0 Å². The Hall–Kier alpha value is -0.830.